The van der Waals surface area contributed by atoms with Gasteiger partial charge in [-0.05, 0) is 46.2 Å². The zero-order chi connectivity index (χ0) is 18.9. The van der Waals surface area contributed by atoms with Crippen LogP contribution in [0.4, 0.5) is 0 Å². The van der Waals surface area contributed by atoms with Crippen LogP contribution in [0.2, 0.25) is 0 Å². The molecule has 0 bridgehead atoms. The molecule has 0 aliphatic carbocycles. The fraction of sp³-hybridized carbons (Fsp3) is 0.611. The summed E-state index contributed by atoms with van der Waals surface area (Å²) in [6, 6.07) is 7.94. The SMILES string of the molecule is CCNC(=NCC(C)Oc1ccc(C)cc1)NC(C)CCS(C)(=O)=O.I. The lowest BCUT2D eigenvalue weighted by atomic mass is 10.2. The van der Waals surface area contributed by atoms with Crippen molar-refractivity contribution in [1.82, 2.24) is 10.6 Å². The zero-order valence-electron chi connectivity index (χ0n) is 16.3. The Hall–Kier alpha value is -1.03. The Kier molecular flexibility index (Phi) is 11.9. The van der Waals surface area contributed by atoms with Gasteiger partial charge in [0.1, 0.15) is 21.7 Å². The van der Waals surface area contributed by atoms with Gasteiger partial charge in [0, 0.05) is 18.8 Å². The van der Waals surface area contributed by atoms with E-state index in [2.05, 4.69) is 15.6 Å². The lowest BCUT2D eigenvalue weighted by molar-refractivity contribution is 0.230. The Morgan fingerprint density at radius 1 is 1.23 bits per heavy atom. The van der Waals surface area contributed by atoms with Gasteiger partial charge in [0.15, 0.2) is 5.96 Å². The Bertz CT molecular complexity index is 648. The van der Waals surface area contributed by atoms with Crippen molar-refractivity contribution < 1.29 is 13.2 Å². The van der Waals surface area contributed by atoms with Crippen LogP contribution >= 0.6 is 24.0 Å². The average Bonchev–Trinajstić information content (AvgIpc) is 2.52. The minimum absolute atomic E-state index is 0. The molecule has 2 unspecified atom stereocenters. The molecule has 8 heteroatoms. The van der Waals surface area contributed by atoms with E-state index in [-0.39, 0.29) is 41.9 Å². The highest BCUT2D eigenvalue weighted by molar-refractivity contribution is 14.0. The fourth-order valence-electron chi connectivity index (χ4n) is 2.12. The Morgan fingerprint density at radius 2 is 1.85 bits per heavy atom. The molecule has 0 aliphatic heterocycles. The first-order valence-corrected chi connectivity index (χ1v) is 10.7. The lowest BCUT2D eigenvalue weighted by Crippen LogP contribution is -2.43. The van der Waals surface area contributed by atoms with Crippen molar-refractivity contribution in [3.8, 4) is 5.75 Å². The number of aliphatic imine (C=N–C) groups is 1. The summed E-state index contributed by atoms with van der Waals surface area (Å²) in [5.74, 6) is 1.66. The van der Waals surface area contributed by atoms with E-state index < -0.39 is 9.84 Å². The highest BCUT2D eigenvalue weighted by Gasteiger charge is 2.10. The number of guanidine groups is 1. The van der Waals surface area contributed by atoms with E-state index in [1.165, 1.54) is 11.8 Å². The third-order valence-electron chi connectivity index (χ3n) is 3.51. The number of nitrogens with zero attached hydrogens (tertiary/aromatic N) is 1. The van der Waals surface area contributed by atoms with E-state index in [0.717, 1.165) is 12.3 Å². The van der Waals surface area contributed by atoms with Crippen LogP contribution < -0.4 is 15.4 Å². The van der Waals surface area contributed by atoms with Crippen LogP contribution in [-0.4, -0.2) is 51.6 Å². The molecule has 0 spiro atoms. The van der Waals surface area contributed by atoms with Crippen molar-refractivity contribution in [1.29, 1.82) is 0 Å². The van der Waals surface area contributed by atoms with Gasteiger partial charge in [0.2, 0.25) is 0 Å². The van der Waals surface area contributed by atoms with Crippen LogP contribution in [0.5, 0.6) is 5.75 Å². The molecule has 2 atom stereocenters. The summed E-state index contributed by atoms with van der Waals surface area (Å²) in [5, 5.41) is 6.41. The van der Waals surface area contributed by atoms with E-state index in [1.54, 1.807) is 0 Å². The van der Waals surface area contributed by atoms with Crippen molar-refractivity contribution in [3.63, 3.8) is 0 Å². The van der Waals surface area contributed by atoms with E-state index in [0.29, 0.717) is 18.9 Å². The second-order valence-electron chi connectivity index (χ2n) is 6.43. The number of benzene rings is 1. The first-order chi connectivity index (χ1) is 11.7. The molecule has 0 saturated heterocycles. The molecule has 1 aromatic carbocycles. The van der Waals surface area contributed by atoms with Gasteiger partial charge >= 0.3 is 0 Å². The fourth-order valence-corrected chi connectivity index (χ4v) is 2.90. The maximum Gasteiger partial charge on any atom is 0.191 e. The normalized spacial score (nSPS) is 14.1. The molecule has 0 aliphatic rings. The molecule has 1 aromatic rings. The molecule has 2 N–H and O–H groups in total. The molecule has 0 heterocycles. The number of nitrogens with one attached hydrogen (secondary N) is 2. The van der Waals surface area contributed by atoms with Gasteiger partial charge in [-0.1, -0.05) is 17.7 Å². The van der Waals surface area contributed by atoms with Gasteiger partial charge in [0.05, 0.1) is 12.3 Å². The smallest absolute Gasteiger partial charge is 0.191 e. The van der Waals surface area contributed by atoms with Crippen molar-refractivity contribution in [2.24, 2.45) is 4.99 Å². The highest BCUT2D eigenvalue weighted by Crippen LogP contribution is 2.13. The third kappa shape index (κ3) is 11.6. The van der Waals surface area contributed by atoms with Crippen molar-refractivity contribution in [2.75, 3.05) is 25.1 Å². The standard InChI is InChI=1S/C18H31N3O3S.HI/c1-6-19-18(21-15(3)11-12-25(5,22)23)20-13-16(4)24-17-9-7-14(2)8-10-17;/h7-10,15-16H,6,11-13H2,1-5H3,(H2,19,20,21);1H. The van der Waals surface area contributed by atoms with Crippen LogP contribution in [0.1, 0.15) is 32.8 Å². The maximum atomic E-state index is 11.3. The Morgan fingerprint density at radius 3 is 2.38 bits per heavy atom. The number of hydrogen-bond donors (Lipinski definition) is 2. The maximum absolute atomic E-state index is 11.3. The number of aryl methyl sites for hydroxylation is 1. The van der Waals surface area contributed by atoms with Crippen LogP contribution in [0.15, 0.2) is 29.3 Å². The summed E-state index contributed by atoms with van der Waals surface area (Å²) in [6.45, 7) is 9.19. The molecule has 0 aromatic heterocycles. The molecule has 150 valence electrons. The molecule has 6 nitrogen and oxygen atoms in total. The number of halogens is 1. The van der Waals surface area contributed by atoms with E-state index in [4.69, 9.17) is 4.74 Å². The summed E-state index contributed by atoms with van der Waals surface area (Å²) in [7, 11) is -2.95. The second kappa shape index (κ2) is 12.4. The minimum Gasteiger partial charge on any atom is -0.489 e. The molecule has 26 heavy (non-hydrogen) atoms. The monoisotopic (exact) mass is 497 g/mol. The molecular weight excluding hydrogens is 465 g/mol. The van der Waals surface area contributed by atoms with Crippen molar-refractivity contribution >= 4 is 39.8 Å². The van der Waals surface area contributed by atoms with Gasteiger partial charge in [0.25, 0.3) is 0 Å². The highest BCUT2D eigenvalue weighted by atomic mass is 127. The quantitative estimate of drug-likeness (QED) is 0.312. The summed E-state index contributed by atoms with van der Waals surface area (Å²) in [6.07, 6.45) is 1.73. The topological polar surface area (TPSA) is 79.8 Å². The second-order valence-corrected chi connectivity index (χ2v) is 8.68. The van der Waals surface area contributed by atoms with Crippen LogP contribution in [0, 0.1) is 6.92 Å². The number of rotatable bonds is 9. The molecule has 0 amide bonds. The van der Waals surface area contributed by atoms with Gasteiger partial charge in [-0.15, -0.1) is 24.0 Å². The van der Waals surface area contributed by atoms with E-state index >= 15 is 0 Å². The average molecular weight is 497 g/mol. The lowest BCUT2D eigenvalue weighted by Gasteiger charge is -2.19. The predicted octanol–water partition coefficient (Wildman–Crippen LogP) is 2.76. The van der Waals surface area contributed by atoms with Gasteiger partial charge in [-0.3, -0.25) is 0 Å². The number of hydrogen-bond acceptors (Lipinski definition) is 4. The largest absolute Gasteiger partial charge is 0.489 e. The summed E-state index contributed by atoms with van der Waals surface area (Å²) in [4.78, 5) is 4.53. The van der Waals surface area contributed by atoms with Gasteiger partial charge in [-0.2, -0.15) is 0 Å². The molecule has 0 fully saturated rings. The molecule has 1 rings (SSSR count). The van der Waals surface area contributed by atoms with Crippen molar-refractivity contribution in [2.45, 2.75) is 46.3 Å². The van der Waals surface area contributed by atoms with Crippen molar-refractivity contribution in [3.05, 3.63) is 29.8 Å². The Balaban J connectivity index is 0.00000625. The van der Waals surface area contributed by atoms with Crippen LogP contribution in [-0.2, 0) is 9.84 Å². The first-order valence-electron chi connectivity index (χ1n) is 8.65. The van der Waals surface area contributed by atoms with Crippen LogP contribution in [0.25, 0.3) is 0 Å². The van der Waals surface area contributed by atoms with Gasteiger partial charge in [-0.25, -0.2) is 13.4 Å². The van der Waals surface area contributed by atoms with Gasteiger partial charge < -0.3 is 15.4 Å². The summed E-state index contributed by atoms with van der Waals surface area (Å²) < 4.78 is 28.4. The third-order valence-corrected chi connectivity index (χ3v) is 4.49. The summed E-state index contributed by atoms with van der Waals surface area (Å²) in [5.41, 5.74) is 1.19. The zero-order valence-corrected chi connectivity index (χ0v) is 19.4. The summed E-state index contributed by atoms with van der Waals surface area (Å²) >= 11 is 0. The number of sulfone groups is 1. The van der Waals surface area contributed by atoms with E-state index in [1.807, 2.05) is 52.0 Å². The van der Waals surface area contributed by atoms with E-state index in [9.17, 15) is 8.42 Å². The number of ether oxygens (including phenoxy) is 1. The Labute approximate surface area is 175 Å². The van der Waals surface area contributed by atoms with Crippen LogP contribution in [0.3, 0.4) is 0 Å². The minimum atomic E-state index is -2.95. The predicted molar refractivity (Wildman–Crippen MR) is 120 cm³/mol. The molecule has 0 saturated carbocycles. The molecule has 0 radical (unpaired) electrons. The first kappa shape index (κ1) is 25.0. The molecular formula is C18H32IN3O3S.